The number of likely N-dealkylation sites (N-methyl/N-ethyl adjacent to an activating group) is 7. The van der Waals surface area contributed by atoms with Crippen LogP contribution in [-0.2, 0) is 52.7 Å². The van der Waals surface area contributed by atoms with E-state index in [1.165, 1.54) is 104 Å². The third kappa shape index (κ3) is 24.2. The van der Waals surface area contributed by atoms with Crippen molar-refractivity contribution in [3.05, 3.63) is 12.2 Å². The zero-order valence-electron chi connectivity index (χ0n) is 60.9. The van der Waals surface area contributed by atoms with Crippen molar-refractivity contribution in [2.45, 2.75) is 255 Å². The molecule has 0 aliphatic carbocycles. The standard InChI is InChI=1S/C68H123N11O12S/c1-26-29-31-33-92-38-53-66(89)73(19)50(35-40(6)7)60(83)72-54(43(12)13)67(90)74(20)49(34-39(4)5)59(82)69-46(17)58(81)70-47(18)62(85)75(21)51(36-41(8)9)64(87)76(22)52(37-42(10)11)65(88)78(24)55(44(14)15)68(91)79(25)56(57(80)45(16)32-30-27-2)61(84)71-48(28-3)63(86)77(53)23/h27,30,39-57,80H,26,28-29,31-38H2,1-25H3,(H,69,82)(H,70,81)(H,71,84)(H,72,83)/t45-,46-,47+,48-,49?,50+,51-,52-,53-,54-,55-,56-,57-/m1/s1. The van der Waals surface area contributed by atoms with E-state index in [-0.39, 0.29) is 61.5 Å². The summed E-state index contributed by atoms with van der Waals surface area (Å²) >= 11 is 1.47. The molecule has 1 fully saturated rings. The molecule has 11 amide bonds. The van der Waals surface area contributed by atoms with Gasteiger partial charge < -0.3 is 60.7 Å². The fourth-order valence-electron chi connectivity index (χ4n) is 11.6. The van der Waals surface area contributed by atoms with Crippen LogP contribution in [0.2, 0.25) is 0 Å². The Kier molecular flexibility index (Phi) is 36.4. The number of unbranched alkanes of at least 4 members (excludes halogenated alkanes) is 2. The molecule has 92 heavy (non-hydrogen) atoms. The van der Waals surface area contributed by atoms with Crippen LogP contribution in [0.25, 0.3) is 0 Å². The molecule has 1 heterocycles. The van der Waals surface area contributed by atoms with Crippen molar-refractivity contribution in [1.29, 1.82) is 0 Å². The van der Waals surface area contributed by atoms with Gasteiger partial charge in [0.15, 0.2) is 0 Å². The van der Waals surface area contributed by atoms with E-state index in [1.54, 1.807) is 47.6 Å². The Bertz CT molecular complexity index is 2480. The van der Waals surface area contributed by atoms with Crippen molar-refractivity contribution in [2.24, 2.45) is 41.4 Å². The fraction of sp³-hybridized carbons (Fsp3) is 0.809. The molecule has 1 rings (SSSR count). The molecular weight excluding hydrogens is 1190 g/mol. The van der Waals surface area contributed by atoms with Gasteiger partial charge in [-0.1, -0.05) is 129 Å². The van der Waals surface area contributed by atoms with Crippen LogP contribution in [0.5, 0.6) is 0 Å². The minimum atomic E-state index is -1.62. The van der Waals surface area contributed by atoms with Gasteiger partial charge in [0.25, 0.3) is 0 Å². The summed E-state index contributed by atoms with van der Waals surface area (Å²) < 4.78 is 0. The summed E-state index contributed by atoms with van der Waals surface area (Å²) in [5, 5.41) is 23.5. The lowest BCUT2D eigenvalue weighted by molar-refractivity contribution is -0.157. The third-order valence-corrected chi connectivity index (χ3v) is 18.7. The highest BCUT2D eigenvalue weighted by atomic mass is 32.2. The number of carbonyl (C=O) groups excluding carboxylic acids is 11. The van der Waals surface area contributed by atoms with Crippen LogP contribution < -0.4 is 21.3 Å². The summed E-state index contributed by atoms with van der Waals surface area (Å²) in [5.41, 5.74) is 0. The smallest absolute Gasteiger partial charge is 0.246 e. The van der Waals surface area contributed by atoms with Crippen LogP contribution in [0, 0.1) is 41.4 Å². The summed E-state index contributed by atoms with van der Waals surface area (Å²) in [6.45, 7) is 32.2. The van der Waals surface area contributed by atoms with E-state index in [9.17, 15) is 29.1 Å². The maximum atomic E-state index is 15.3. The lowest BCUT2D eigenvalue weighted by atomic mass is 9.91. The summed E-state index contributed by atoms with van der Waals surface area (Å²) in [4.78, 5) is 172. The zero-order chi connectivity index (χ0) is 71.1. The van der Waals surface area contributed by atoms with Gasteiger partial charge in [0.05, 0.1) is 6.10 Å². The van der Waals surface area contributed by atoms with E-state index < -0.39 is 155 Å². The van der Waals surface area contributed by atoms with Crippen LogP contribution in [-0.4, -0.2) is 238 Å². The average molecular weight is 1320 g/mol. The molecule has 0 bridgehead atoms. The van der Waals surface area contributed by atoms with Crippen molar-refractivity contribution in [3.63, 3.8) is 0 Å². The molecule has 0 aromatic rings. The van der Waals surface area contributed by atoms with Gasteiger partial charge in [-0.05, 0) is 113 Å². The van der Waals surface area contributed by atoms with Crippen LogP contribution >= 0.6 is 11.8 Å². The number of hydrogen-bond donors (Lipinski definition) is 5. The molecule has 1 aliphatic heterocycles. The predicted octanol–water partition coefficient (Wildman–Crippen LogP) is 5.56. The number of hydrogen-bond acceptors (Lipinski definition) is 13. The molecule has 0 aromatic carbocycles. The second-order valence-corrected chi connectivity index (χ2v) is 29.2. The van der Waals surface area contributed by atoms with E-state index in [4.69, 9.17) is 0 Å². The first-order valence-electron chi connectivity index (χ1n) is 33.6. The van der Waals surface area contributed by atoms with Gasteiger partial charge >= 0.3 is 0 Å². The second kappa shape index (κ2) is 39.8. The van der Waals surface area contributed by atoms with Crippen molar-refractivity contribution in [1.82, 2.24) is 55.6 Å². The summed E-state index contributed by atoms with van der Waals surface area (Å²) in [7, 11) is 10.1. The fourth-order valence-corrected chi connectivity index (χ4v) is 12.8. The summed E-state index contributed by atoms with van der Waals surface area (Å²) in [6, 6.07) is -13.6. The van der Waals surface area contributed by atoms with E-state index in [0.29, 0.717) is 12.2 Å². The zero-order valence-corrected chi connectivity index (χ0v) is 61.7. The van der Waals surface area contributed by atoms with E-state index in [2.05, 4.69) is 28.2 Å². The number of rotatable bonds is 21. The maximum absolute atomic E-state index is 15.3. The highest BCUT2D eigenvalue weighted by Gasteiger charge is 2.46. The highest BCUT2D eigenvalue weighted by molar-refractivity contribution is 7.99. The Morgan fingerprint density at radius 3 is 1.32 bits per heavy atom. The van der Waals surface area contributed by atoms with Gasteiger partial charge in [-0.3, -0.25) is 52.7 Å². The van der Waals surface area contributed by atoms with E-state index >= 15 is 28.8 Å². The number of nitrogens with zero attached hydrogens (tertiary/aromatic N) is 7. The molecule has 0 radical (unpaired) electrons. The van der Waals surface area contributed by atoms with Gasteiger partial charge in [0.2, 0.25) is 65.0 Å². The molecule has 1 aliphatic rings. The van der Waals surface area contributed by atoms with Crippen LogP contribution in [0.4, 0.5) is 0 Å². The largest absolute Gasteiger partial charge is 0.390 e. The topological polar surface area (TPSA) is 279 Å². The van der Waals surface area contributed by atoms with Crippen LogP contribution in [0.15, 0.2) is 12.2 Å². The quantitative estimate of drug-likeness (QED) is 0.0696. The Morgan fingerprint density at radius 1 is 0.446 bits per heavy atom. The molecule has 0 spiro atoms. The van der Waals surface area contributed by atoms with Gasteiger partial charge in [0, 0.05) is 55.1 Å². The van der Waals surface area contributed by atoms with Gasteiger partial charge in [0.1, 0.15) is 66.5 Å². The average Bonchev–Trinajstić information content (AvgIpc) is 0.813. The molecule has 0 aromatic heterocycles. The van der Waals surface area contributed by atoms with Gasteiger partial charge in [-0.25, -0.2) is 0 Å². The first-order valence-corrected chi connectivity index (χ1v) is 34.8. The van der Waals surface area contributed by atoms with Crippen molar-refractivity contribution < 1.29 is 57.8 Å². The molecular formula is C68H123N11O12S. The summed E-state index contributed by atoms with van der Waals surface area (Å²) in [5.74, 6) is -8.85. The number of nitrogens with one attached hydrogen (secondary N) is 4. The number of carbonyl (C=O) groups is 11. The van der Waals surface area contributed by atoms with Crippen LogP contribution in [0.3, 0.4) is 0 Å². The normalized spacial score (nSPS) is 26.6. The Hall–Kier alpha value is -5.78. The Morgan fingerprint density at radius 2 is 0.859 bits per heavy atom. The molecule has 0 saturated carbocycles. The number of aliphatic hydroxyl groups excluding tert-OH is 1. The molecule has 13 atom stereocenters. The van der Waals surface area contributed by atoms with Crippen molar-refractivity contribution in [2.75, 3.05) is 60.8 Å². The molecule has 1 unspecified atom stereocenters. The molecule has 528 valence electrons. The van der Waals surface area contributed by atoms with Crippen LogP contribution in [0.1, 0.15) is 182 Å². The Labute approximate surface area is 557 Å². The first-order chi connectivity index (χ1) is 42.7. The molecule has 1 saturated heterocycles. The monoisotopic (exact) mass is 1320 g/mol. The third-order valence-electron chi connectivity index (χ3n) is 17.6. The highest BCUT2D eigenvalue weighted by Crippen LogP contribution is 2.27. The predicted molar refractivity (Wildman–Crippen MR) is 364 cm³/mol. The Balaban J connectivity index is 4.52. The minimum absolute atomic E-state index is 0.0193. The lowest BCUT2D eigenvalue weighted by Crippen LogP contribution is -2.64. The van der Waals surface area contributed by atoms with Crippen molar-refractivity contribution >= 4 is 76.7 Å². The van der Waals surface area contributed by atoms with E-state index in [0.717, 1.165) is 24.2 Å². The van der Waals surface area contributed by atoms with Crippen molar-refractivity contribution in [3.8, 4) is 0 Å². The van der Waals surface area contributed by atoms with Gasteiger partial charge in [-0.2, -0.15) is 11.8 Å². The SMILES string of the molecule is CC=CC[C@@H](C)[C@@H](O)[C@@H]1C(=O)N[C@H](CC)C(=O)N(C)[C@H](CSCCCCC)C(=O)N(C)[C@@H](CC(C)C)C(=O)N[C@H](C(C)C)C(=O)N(C)C(CC(C)C)C(=O)N[C@H](C)C(=O)N[C@@H](C)C(=O)N(C)[C@H](CC(C)C)C(=O)N(C)[C@H](CC(C)C)C(=O)N(C)[C@H](C(C)C)C(=O)N1C. The minimum Gasteiger partial charge on any atom is -0.390 e. The van der Waals surface area contributed by atoms with Gasteiger partial charge in [-0.15, -0.1) is 0 Å². The molecule has 24 heteroatoms. The first kappa shape index (κ1) is 84.2. The molecule has 5 N–H and O–H groups in total. The number of allylic oxidation sites excluding steroid dienone is 2. The van der Waals surface area contributed by atoms with E-state index in [1.807, 2.05) is 68.4 Å². The number of aliphatic hydroxyl groups is 1. The lowest BCUT2D eigenvalue weighted by Gasteiger charge is -2.41. The summed E-state index contributed by atoms with van der Waals surface area (Å²) in [6.07, 6.45) is 5.76. The number of amides is 11. The second-order valence-electron chi connectivity index (χ2n) is 28.1. The number of thioether (sulfide) groups is 1. The molecule has 23 nitrogen and oxygen atoms in total. The maximum Gasteiger partial charge on any atom is 0.246 e.